The van der Waals surface area contributed by atoms with Crippen LogP contribution in [0.1, 0.15) is 26.5 Å². The SMILES string of the molecule is Cc1cccnc1CC(Br)c1sccc1C. The third-order valence-corrected chi connectivity index (χ3v) is 4.89. The number of hydrogen-bond acceptors (Lipinski definition) is 2. The smallest absolute Gasteiger partial charge is 0.0547 e. The summed E-state index contributed by atoms with van der Waals surface area (Å²) in [6, 6.07) is 6.27. The van der Waals surface area contributed by atoms with E-state index in [1.165, 1.54) is 21.7 Å². The Hall–Kier alpha value is -0.670. The molecule has 0 aliphatic heterocycles. The van der Waals surface area contributed by atoms with E-state index in [4.69, 9.17) is 0 Å². The lowest BCUT2D eigenvalue weighted by Gasteiger charge is -2.10. The number of nitrogens with zero attached hydrogens (tertiary/aromatic N) is 1. The van der Waals surface area contributed by atoms with Crippen LogP contribution in [0.15, 0.2) is 29.8 Å². The summed E-state index contributed by atoms with van der Waals surface area (Å²) in [7, 11) is 0. The van der Waals surface area contributed by atoms with Crippen LogP contribution in [0.5, 0.6) is 0 Å². The standard InChI is InChI=1S/C13H14BrNS/c1-9-4-3-6-15-12(9)8-11(14)13-10(2)5-7-16-13/h3-7,11H,8H2,1-2H3. The molecule has 0 saturated carbocycles. The van der Waals surface area contributed by atoms with Gasteiger partial charge in [0.25, 0.3) is 0 Å². The second-order valence-electron chi connectivity index (χ2n) is 3.91. The molecule has 84 valence electrons. The average Bonchev–Trinajstić information content (AvgIpc) is 2.68. The Morgan fingerprint density at radius 2 is 2.12 bits per heavy atom. The first-order valence-electron chi connectivity index (χ1n) is 5.27. The van der Waals surface area contributed by atoms with Crippen molar-refractivity contribution in [1.29, 1.82) is 0 Å². The van der Waals surface area contributed by atoms with Gasteiger partial charge in [-0.1, -0.05) is 22.0 Å². The van der Waals surface area contributed by atoms with Gasteiger partial charge in [-0.05, 0) is 42.5 Å². The zero-order valence-corrected chi connectivity index (χ0v) is 11.8. The van der Waals surface area contributed by atoms with Crippen molar-refractivity contribution in [1.82, 2.24) is 4.98 Å². The lowest BCUT2D eigenvalue weighted by molar-refractivity contribution is 0.900. The summed E-state index contributed by atoms with van der Waals surface area (Å²) < 4.78 is 0. The number of hydrogen-bond donors (Lipinski definition) is 0. The van der Waals surface area contributed by atoms with Crippen LogP contribution in [0.25, 0.3) is 0 Å². The van der Waals surface area contributed by atoms with E-state index in [-0.39, 0.29) is 0 Å². The summed E-state index contributed by atoms with van der Waals surface area (Å²) in [6.07, 6.45) is 2.82. The molecule has 1 unspecified atom stereocenters. The molecule has 0 aliphatic rings. The lowest BCUT2D eigenvalue weighted by Crippen LogP contribution is -1.99. The van der Waals surface area contributed by atoms with Crippen LogP contribution in [-0.2, 0) is 6.42 Å². The summed E-state index contributed by atoms with van der Waals surface area (Å²) in [6.45, 7) is 4.27. The van der Waals surface area contributed by atoms with Crippen LogP contribution < -0.4 is 0 Å². The van der Waals surface area contributed by atoms with E-state index in [0.29, 0.717) is 4.83 Å². The van der Waals surface area contributed by atoms with Crippen LogP contribution in [0, 0.1) is 13.8 Å². The van der Waals surface area contributed by atoms with Crippen molar-refractivity contribution in [3.63, 3.8) is 0 Å². The Morgan fingerprint density at radius 1 is 1.31 bits per heavy atom. The van der Waals surface area contributed by atoms with E-state index < -0.39 is 0 Å². The predicted molar refractivity (Wildman–Crippen MR) is 73.4 cm³/mol. The van der Waals surface area contributed by atoms with Gasteiger partial charge in [0.05, 0.1) is 4.83 Å². The van der Waals surface area contributed by atoms with E-state index in [9.17, 15) is 0 Å². The molecule has 2 heterocycles. The highest BCUT2D eigenvalue weighted by Crippen LogP contribution is 2.33. The molecule has 1 atom stereocenters. The van der Waals surface area contributed by atoms with Crippen LogP contribution in [0.2, 0.25) is 0 Å². The molecular formula is C13H14BrNS. The van der Waals surface area contributed by atoms with Gasteiger partial charge in [-0.3, -0.25) is 4.98 Å². The minimum absolute atomic E-state index is 0.376. The Kier molecular flexibility index (Phi) is 3.77. The fourth-order valence-corrected chi connectivity index (χ4v) is 3.60. The van der Waals surface area contributed by atoms with E-state index in [1.807, 2.05) is 23.6 Å². The minimum atomic E-state index is 0.376. The van der Waals surface area contributed by atoms with Gasteiger partial charge in [0, 0.05) is 23.2 Å². The van der Waals surface area contributed by atoms with Crippen molar-refractivity contribution in [3.8, 4) is 0 Å². The van der Waals surface area contributed by atoms with E-state index >= 15 is 0 Å². The van der Waals surface area contributed by atoms with Crippen molar-refractivity contribution < 1.29 is 0 Å². The quantitative estimate of drug-likeness (QED) is 0.763. The molecule has 2 aromatic heterocycles. The number of halogens is 1. The maximum absolute atomic E-state index is 4.43. The highest BCUT2D eigenvalue weighted by molar-refractivity contribution is 9.09. The number of aryl methyl sites for hydroxylation is 2. The molecule has 0 spiro atoms. The first-order chi connectivity index (χ1) is 7.68. The van der Waals surface area contributed by atoms with E-state index in [2.05, 4.69) is 52.3 Å². The molecule has 0 radical (unpaired) electrons. The fourth-order valence-electron chi connectivity index (χ4n) is 1.70. The number of alkyl halides is 1. The third kappa shape index (κ3) is 2.53. The fraction of sp³-hybridized carbons (Fsp3) is 0.308. The molecule has 0 N–H and O–H groups in total. The molecule has 1 nitrogen and oxygen atoms in total. The lowest BCUT2D eigenvalue weighted by atomic mass is 10.1. The summed E-state index contributed by atoms with van der Waals surface area (Å²) in [4.78, 5) is 6.22. The van der Waals surface area contributed by atoms with Gasteiger partial charge in [0.1, 0.15) is 0 Å². The summed E-state index contributed by atoms with van der Waals surface area (Å²) in [5, 5.41) is 2.14. The predicted octanol–water partition coefficient (Wildman–Crippen LogP) is 4.44. The number of aromatic nitrogens is 1. The summed E-state index contributed by atoms with van der Waals surface area (Å²) in [5.41, 5.74) is 3.80. The molecular weight excluding hydrogens is 282 g/mol. The van der Waals surface area contributed by atoms with Crippen molar-refractivity contribution in [2.45, 2.75) is 25.1 Å². The van der Waals surface area contributed by atoms with Crippen LogP contribution >= 0.6 is 27.3 Å². The molecule has 0 bridgehead atoms. The number of thiophene rings is 1. The van der Waals surface area contributed by atoms with Gasteiger partial charge in [-0.25, -0.2) is 0 Å². The third-order valence-electron chi connectivity index (χ3n) is 2.68. The second-order valence-corrected chi connectivity index (χ2v) is 5.96. The van der Waals surface area contributed by atoms with E-state index in [0.717, 1.165) is 6.42 Å². The normalized spacial score (nSPS) is 12.7. The molecule has 3 heteroatoms. The summed E-state index contributed by atoms with van der Waals surface area (Å²) in [5.74, 6) is 0. The second kappa shape index (κ2) is 5.11. The Morgan fingerprint density at radius 3 is 2.75 bits per heavy atom. The Bertz CT molecular complexity index is 478. The average molecular weight is 296 g/mol. The van der Waals surface area contributed by atoms with Gasteiger partial charge in [-0.2, -0.15) is 0 Å². The van der Waals surface area contributed by atoms with Crippen molar-refractivity contribution in [2.75, 3.05) is 0 Å². The highest BCUT2D eigenvalue weighted by Gasteiger charge is 2.13. The van der Waals surface area contributed by atoms with Crippen molar-refractivity contribution in [3.05, 3.63) is 51.5 Å². The van der Waals surface area contributed by atoms with Gasteiger partial charge in [0.15, 0.2) is 0 Å². The Labute approximate surface area is 109 Å². The maximum Gasteiger partial charge on any atom is 0.0547 e. The molecule has 16 heavy (non-hydrogen) atoms. The zero-order valence-electron chi connectivity index (χ0n) is 9.40. The minimum Gasteiger partial charge on any atom is -0.261 e. The number of pyridine rings is 1. The van der Waals surface area contributed by atoms with Crippen molar-refractivity contribution in [2.24, 2.45) is 0 Å². The van der Waals surface area contributed by atoms with Gasteiger partial charge in [0.2, 0.25) is 0 Å². The molecule has 2 rings (SSSR count). The highest BCUT2D eigenvalue weighted by atomic mass is 79.9. The van der Waals surface area contributed by atoms with Crippen LogP contribution in [0.3, 0.4) is 0 Å². The molecule has 0 aliphatic carbocycles. The van der Waals surface area contributed by atoms with Gasteiger partial charge < -0.3 is 0 Å². The molecule has 0 aromatic carbocycles. The summed E-state index contributed by atoms with van der Waals surface area (Å²) >= 11 is 5.57. The van der Waals surface area contributed by atoms with Gasteiger partial charge in [-0.15, -0.1) is 11.3 Å². The maximum atomic E-state index is 4.43. The first-order valence-corrected chi connectivity index (χ1v) is 7.06. The van der Waals surface area contributed by atoms with Crippen LogP contribution in [-0.4, -0.2) is 4.98 Å². The number of rotatable bonds is 3. The topological polar surface area (TPSA) is 12.9 Å². The molecule has 0 amide bonds. The molecule has 0 fully saturated rings. The van der Waals surface area contributed by atoms with E-state index in [1.54, 1.807) is 0 Å². The molecule has 2 aromatic rings. The largest absolute Gasteiger partial charge is 0.261 e. The monoisotopic (exact) mass is 295 g/mol. The van der Waals surface area contributed by atoms with Crippen LogP contribution in [0.4, 0.5) is 0 Å². The van der Waals surface area contributed by atoms with Crippen molar-refractivity contribution >= 4 is 27.3 Å². The zero-order chi connectivity index (χ0) is 11.5. The first kappa shape index (κ1) is 11.8. The van der Waals surface area contributed by atoms with Gasteiger partial charge >= 0.3 is 0 Å². The Balaban J connectivity index is 2.17. The molecule has 0 saturated heterocycles.